The van der Waals surface area contributed by atoms with Crippen molar-refractivity contribution in [2.24, 2.45) is 13.5 Å². The Kier molecular flexibility index (Phi) is 6.79. The minimum atomic E-state index is -3.39. The molecule has 1 heterocycles. The zero-order chi connectivity index (χ0) is 20.1. The summed E-state index contributed by atoms with van der Waals surface area (Å²) in [6.45, 7) is 0. The van der Waals surface area contributed by atoms with Crippen LogP contribution in [0.2, 0.25) is 0 Å². The normalized spacial score (nSPS) is 18.9. The molecule has 3 rings (SSSR count). The molecule has 0 aromatic heterocycles. The Hall–Kier alpha value is -1.43. The lowest BCUT2D eigenvalue weighted by Gasteiger charge is -2.31. The molecular formula is C16H22N3O6P3. The molecule has 28 heavy (non-hydrogen) atoms. The molecule has 0 bridgehead atoms. The molecule has 0 N–H and O–H groups in total. The Labute approximate surface area is 164 Å². The second-order valence-corrected chi connectivity index (χ2v) is 12.2. The van der Waals surface area contributed by atoms with E-state index in [9.17, 15) is 0 Å². The molecular weight excluding hydrogens is 423 g/mol. The maximum atomic E-state index is 6.20. The van der Waals surface area contributed by atoms with Crippen molar-refractivity contribution in [3.8, 4) is 11.5 Å². The highest BCUT2D eigenvalue weighted by atomic mass is 31.3. The van der Waals surface area contributed by atoms with Crippen molar-refractivity contribution in [2.45, 2.75) is 0 Å². The van der Waals surface area contributed by atoms with Crippen molar-refractivity contribution >= 4 is 23.0 Å². The van der Waals surface area contributed by atoms with Crippen molar-refractivity contribution in [3.63, 3.8) is 0 Å². The first-order chi connectivity index (χ1) is 13.5. The van der Waals surface area contributed by atoms with Crippen molar-refractivity contribution in [1.82, 2.24) is 0 Å². The molecule has 2 aromatic rings. The molecule has 1 aliphatic heterocycles. The molecule has 1 aliphatic rings. The van der Waals surface area contributed by atoms with Crippen molar-refractivity contribution in [1.29, 1.82) is 0 Å². The van der Waals surface area contributed by atoms with Crippen LogP contribution in [-0.2, 0) is 18.1 Å². The van der Waals surface area contributed by atoms with Crippen molar-refractivity contribution in [3.05, 3.63) is 60.7 Å². The monoisotopic (exact) mass is 445 g/mol. The summed E-state index contributed by atoms with van der Waals surface area (Å²) in [4.78, 5) is 0. The molecule has 12 heteroatoms. The lowest BCUT2D eigenvalue weighted by Crippen LogP contribution is -2.04. The van der Waals surface area contributed by atoms with Gasteiger partial charge in [-0.15, -0.1) is 13.5 Å². The van der Waals surface area contributed by atoms with Gasteiger partial charge in [0, 0.05) is 28.4 Å². The fraction of sp³-hybridized carbons (Fsp3) is 0.250. The van der Waals surface area contributed by atoms with Gasteiger partial charge in [0.25, 0.3) is 0 Å². The lowest BCUT2D eigenvalue weighted by atomic mass is 10.3. The predicted octanol–water partition coefficient (Wildman–Crippen LogP) is 6.58. The second-order valence-electron chi connectivity index (χ2n) is 5.28. The topological polar surface area (TPSA) is 92.5 Å². The minimum absolute atomic E-state index is 0.525. The Bertz CT molecular complexity index is 895. The maximum Gasteiger partial charge on any atom is 0.457 e. The zero-order valence-electron chi connectivity index (χ0n) is 15.9. The van der Waals surface area contributed by atoms with E-state index in [2.05, 4.69) is 13.5 Å². The third-order valence-corrected chi connectivity index (χ3v) is 11.8. The van der Waals surface area contributed by atoms with Gasteiger partial charge in [0.15, 0.2) is 0 Å². The fourth-order valence-corrected chi connectivity index (χ4v) is 11.1. The van der Waals surface area contributed by atoms with Gasteiger partial charge in [-0.2, -0.15) is 0 Å². The standard InChI is InChI=1S/C16H22N3O6P3/c1-20-26(21-2)17-27(22-3,23-4)19-28(18-26,24-15-11-7-5-8-12-15)25-16-13-9-6-10-14-16/h5-14H,1-4H3. The minimum Gasteiger partial charge on any atom is -0.413 e. The van der Waals surface area contributed by atoms with Gasteiger partial charge in [0.2, 0.25) is 0 Å². The Morgan fingerprint density at radius 1 is 0.500 bits per heavy atom. The Balaban J connectivity index is 2.25. The van der Waals surface area contributed by atoms with E-state index in [0.717, 1.165) is 0 Å². The summed E-state index contributed by atoms with van der Waals surface area (Å²) in [5, 5.41) is 0. The molecule has 0 saturated heterocycles. The van der Waals surface area contributed by atoms with Crippen LogP contribution in [0.15, 0.2) is 74.2 Å². The van der Waals surface area contributed by atoms with E-state index in [-0.39, 0.29) is 0 Å². The number of para-hydroxylation sites is 2. The van der Waals surface area contributed by atoms with Gasteiger partial charge in [-0.3, -0.25) is 0 Å². The van der Waals surface area contributed by atoms with Crippen LogP contribution in [0.3, 0.4) is 0 Å². The summed E-state index contributed by atoms with van der Waals surface area (Å²) in [5.41, 5.74) is 0. The van der Waals surface area contributed by atoms with E-state index in [1.807, 2.05) is 36.4 Å². The van der Waals surface area contributed by atoms with E-state index < -0.39 is 23.0 Å². The van der Waals surface area contributed by atoms with Gasteiger partial charge in [0.1, 0.15) is 11.5 Å². The van der Waals surface area contributed by atoms with E-state index in [0.29, 0.717) is 11.5 Å². The van der Waals surface area contributed by atoms with Crippen LogP contribution >= 0.6 is 23.0 Å². The summed E-state index contributed by atoms with van der Waals surface area (Å²) in [7, 11) is -3.87. The van der Waals surface area contributed by atoms with E-state index in [1.165, 1.54) is 28.4 Å². The first-order valence-corrected chi connectivity index (χ1v) is 12.7. The van der Waals surface area contributed by atoms with Crippen LogP contribution in [-0.4, -0.2) is 28.4 Å². The molecule has 0 saturated carbocycles. The van der Waals surface area contributed by atoms with Gasteiger partial charge in [-0.05, 0) is 24.3 Å². The maximum absolute atomic E-state index is 6.20. The van der Waals surface area contributed by atoms with Crippen LogP contribution in [0, 0.1) is 0 Å². The summed E-state index contributed by atoms with van der Waals surface area (Å²) in [5.74, 6) is 1.05. The van der Waals surface area contributed by atoms with Gasteiger partial charge in [-0.1, -0.05) is 36.4 Å². The smallest absolute Gasteiger partial charge is 0.413 e. The highest BCUT2D eigenvalue weighted by Gasteiger charge is 2.43. The summed E-state index contributed by atoms with van der Waals surface area (Å²) in [6, 6.07) is 18.3. The summed E-state index contributed by atoms with van der Waals surface area (Å²) < 4.78 is 48.3. The Morgan fingerprint density at radius 2 is 0.821 bits per heavy atom. The number of hydrogen-bond acceptors (Lipinski definition) is 9. The average molecular weight is 445 g/mol. The van der Waals surface area contributed by atoms with E-state index in [4.69, 9.17) is 27.1 Å². The molecule has 9 nitrogen and oxygen atoms in total. The molecule has 0 fully saturated rings. The third-order valence-electron chi connectivity index (χ3n) is 3.56. The van der Waals surface area contributed by atoms with Gasteiger partial charge < -0.3 is 27.1 Å². The van der Waals surface area contributed by atoms with Crippen LogP contribution in [0.4, 0.5) is 0 Å². The fourth-order valence-electron chi connectivity index (χ4n) is 2.25. The first kappa shape index (κ1) is 21.3. The quantitative estimate of drug-likeness (QED) is 0.426. The number of benzene rings is 2. The van der Waals surface area contributed by atoms with Gasteiger partial charge in [0.05, 0.1) is 0 Å². The zero-order valence-corrected chi connectivity index (χ0v) is 18.6. The number of hydrogen-bond donors (Lipinski definition) is 0. The molecule has 2 aromatic carbocycles. The first-order valence-electron chi connectivity index (χ1n) is 8.16. The highest BCUT2D eigenvalue weighted by molar-refractivity contribution is 7.78. The van der Waals surface area contributed by atoms with Crippen LogP contribution in [0.5, 0.6) is 11.5 Å². The lowest BCUT2D eigenvalue weighted by molar-refractivity contribution is 0.312. The van der Waals surface area contributed by atoms with E-state index >= 15 is 0 Å². The van der Waals surface area contributed by atoms with Gasteiger partial charge in [-0.25, -0.2) is 0 Å². The molecule has 0 atom stereocenters. The SMILES string of the molecule is COP1(OC)=NP(OC)(OC)=NP(Oc2ccccc2)(Oc2ccccc2)=N1. The average Bonchev–Trinajstić information content (AvgIpc) is 2.74. The van der Waals surface area contributed by atoms with Crippen LogP contribution in [0.25, 0.3) is 0 Å². The molecule has 0 spiro atoms. The van der Waals surface area contributed by atoms with Crippen molar-refractivity contribution < 1.29 is 27.1 Å². The molecule has 0 radical (unpaired) electrons. The molecule has 152 valence electrons. The van der Waals surface area contributed by atoms with Crippen LogP contribution < -0.4 is 9.05 Å². The molecule has 0 amide bonds. The summed E-state index contributed by atoms with van der Waals surface area (Å²) >= 11 is 0. The molecule has 0 unspecified atom stereocenters. The third kappa shape index (κ3) is 4.58. The predicted molar refractivity (Wildman–Crippen MR) is 110 cm³/mol. The van der Waals surface area contributed by atoms with E-state index in [1.54, 1.807) is 24.3 Å². The van der Waals surface area contributed by atoms with Gasteiger partial charge >= 0.3 is 23.0 Å². The summed E-state index contributed by atoms with van der Waals surface area (Å²) in [6.07, 6.45) is 0. The number of nitrogens with zero attached hydrogens (tertiary/aromatic N) is 3. The van der Waals surface area contributed by atoms with Crippen molar-refractivity contribution in [2.75, 3.05) is 28.4 Å². The largest absolute Gasteiger partial charge is 0.457 e. The Morgan fingerprint density at radius 3 is 1.18 bits per heavy atom. The second kappa shape index (κ2) is 8.93. The number of rotatable bonds is 8. The van der Waals surface area contributed by atoms with Crippen LogP contribution in [0.1, 0.15) is 0 Å². The molecule has 0 aliphatic carbocycles. The highest BCUT2D eigenvalue weighted by Crippen LogP contribution is 2.79.